The number of aliphatic hydroxyl groups is 1. The van der Waals surface area contributed by atoms with E-state index < -0.39 is 16.3 Å². The second kappa shape index (κ2) is 15.2. The highest BCUT2D eigenvalue weighted by atomic mass is 35.5. The van der Waals surface area contributed by atoms with Gasteiger partial charge in [0.2, 0.25) is 16.3 Å². The molecule has 0 aromatic heterocycles. The first-order valence-corrected chi connectivity index (χ1v) is 15.4. The number of ether oxygens (including phenoxy) is 3. The first-order valence-electron chi connectivity index (χ1n) is 13.6. The lowest BCUT2D eigenvalue weighted by molar-refractivity contribution is -0.146. The van der Waals surface area contributed by atoms with Gasteiger partial charge in [-0.05, 0) is 60.0 Å². The van der Waals surface area contributed by atoms with Crippen LogP contribution in [0.2, 0.25) is 5.02 Å². The molecule has 42 heavy (non-hydrogen) atoms. The van der Waals surface area contributed by atoms with Crippen LogP contribution in [0.3, 0.4) is 0 Å². The summed E-state index contributed by atoms with van der Waals surface area (Å²) in [5.41, 5.74) is 2.04. The lowest BCUT2D eigenvalue weighted by atomic mass is 9.93. The van der Waals surface area contributed by atoms with Gasteiger partial charge in [-0.25, -0.2) is 8.42 Å². The summed E-state index contributed by atoms with van der Waals surface area (Å²) in [6.45, 7) is -0.0748. The second-order valence-electron chi connectivity index (χ2n) is 9.64. The molecule has 11 heteroatoms. The van der Waals surface area contributed by atoms with E-state index in [2.05, 4.69) is 5.32 Å². The quantitative estimate of drug-likeness (QED) is 0.281. The number of allylic oxidation sites excluding steroid dienone is 1. The summed E-state index contributed by atoms with van der Waals surface area (Å²) in [7, 11) is -2.40. The SMILES string of the molecule is COc1ccc(S(=O)(=O)N(CCO)CCO[C@H]2C[C@@H](c3ccc(Cl)cc3)C=C(C(=O)NCCc3ccccc3)O2)cc1. The fourth-order valence-corrected chi connectivity index (χ4v) is 6.10. The summed E-state index contributed by atoms with van der Waals surface area (Å²) in [6.07, 6.45) is 2.05. The molecule has 1 amide bonds. The van der Waals surface area contributed by atoms with E-state index in [9.17, 15) is 18.3 Å². The van der Waals surface area contributed by atoms with Gasteiger partial charge in [0.05, 0.1) is 25.2 Å². The third-order valence-corrected chi connectivity index (χ3v) is 8.98. The van der Waals surface area contributed by atoms with E-state index in [1.165, 1.54) is 19.2 Å². The Balaban J connectivity index is 1.42. The Hall–Kier alpha value is -3.41. The number of methoxy groups -OCH3 is 1. The third kappa shape index (κ3) is 8.56. The topological polar surface area (TPSA) is 114 Å². The molecular formula is C31H35ClN2O7S. The standard InChI is InChI=1S/C31H35ClN2O7S/c1-39-27-11-13-28(14-12-27)42(37,38)34(17-19-35)18-20-40-30-22-25(24-7-9-26(32)10-8-24)21-29(41-30)31(36)33-16-15-23-5-3-2-4-6-23/h2-14,21,25,30,35H,15-20,22H2,1H3,(H,33,36)/t25-,30+/m0/s1. The van der Waals surface area contributed by atoms with Crippen molar-refractivity contribution in [2.75, 3.05) is 40.0 Å². The molecular weight excluding hydrogens is 580 g/mol. The maximum Gasteiger partial charge on any atom is 0.286 e. The first-order chi connectivity index (χ1) is 20.3. The minimum Gasteiger partial charge on any atom is -0.497 e. The molecule has 0 radical (unpaired) electrons. The number of aliphatic hydroxyl groups excluding tert-OH is 1. The van der Waals surface area contributed by atoms with Crippen LogP contribution in [0.25, 0.3) is 0 Å². The highest BCUT2D eigenvalue weighted by Crippen LogP contribution is 2.32. The molecule has 0 saturated carbocycles. The molecule has 224 valence electrons. The lowest BCUT2D eigenvalue weighted by Crippen LogP contribution is -2.38. The zero-order valence-electron chi connectivity index (χ0n) is 23.3. The number of hydrogen-bond acceptors (Lipinski definition) is 7. The van der Waals surface area contributed by atoms with Gasteiger partial charge in [-0.1, -0.05) is 54.1 Å². The van der Waals surface area contributed by atoms with Gasteiger partial charge in [0.25, 0.3) is 5.91 Å². The van der Waals surface area contributed by atoms with Gasteiger partial charge in [-0.2, -0.15) is 4.31 Å². The van der Waals surface area contributed by atoms with Crippen LogP contribution in [-0.4, -0.2) is 70.0 Å². The van der Waals surface area contributed by atoms with Crippen molar-refractivity contribution in [1.82, 2.24) is 9.62 Å². The van der Waals surface area contributed by atoms with E-state index in [0.717, 1.165) is 15.4 Å². The molecule has 2 N–H and O–H groups in total. The molecule has 3 aromatic rings. The number of nitrogens with zero attached hydrogens (tertiary/aromatic N) is 1. The Morgan fingerprint density at radius 1 is 1.05 bits per heavy atom. The lowest BCUT2D eigenvalue weighted by Gasteiger charge is -2.30. The number of nitrogens with one attached hydrogen (secondary N) is 1. The number of hydrogen-bond donors (Lipinski definition) is 2. The van der Waals surface area contributed by atoms with Gasteiger partial charge in [0.15, 0.2) is 5.76 Å². The largest absolute Gasteiger partial charge is 0.497 e. The zero-order valence-corrected chi connectivity index (χ0v) is 24.9. The van der Waals surface area contributed by atoms with E-state index in [1.54, 1.807) is 30.3 Å². The minimum atomic E-state index is -3.90. The molecule has 4 rings (SSSR count). The highest BCUT2D eigenvalue weighted by Gasteiger charge is 2.30. The molecule has 2 atom stereocenters. The van der Waals surface area contributed by atoms with Crippen molar-refractivity contribution in [3.8, 4) is 5.75 Å². The number of sulfonamides is 1. The highest BCUT2D eigenvalue weighted by molar-refractivity contribution is 7.89. The Kier molecular flexibility index (Phi) is 11.4. The summed E-state index contributed by atoms with van der Waals surface area (Å²) in [5.74, 6) is 0.121. The summed E-state index contributed by atoms with van der Waals surface area (Å²) < 4.78 is 44.6. The average Bonchev–Trinajstić information content (AvgIpc) is 3.01. The number of halogens is 1. The second-order valence-corrected chi connectivity index (χ2v) is 12.0. The third-order valence-electron chi connectivity index (χ3n) is 6.81. The van der Waals surface area contributed by atoms with Crippen molar-refractivity contribution in [1.29, 1.82) is 0 Å². The van der Waals surface area contributed by atoms with E-state index in [-0.39, 0.29) is 48.8 Å². The number of amides is 1. The normalized spacial score (nSPS) is 16.9. The molecule has 0 spiro atoms. The van der Waals surface area contributed by atoms with Crippen LogP contribution in [-0.2, 0) is 30.7 Å². The first kappa shape index (κ1) is 31.5. The average molecular weight is 615 g/mol. The summed E-state index contributed by atoms with van der Waals surface area (Å²) in [6, 6.07) is 23.2. The molecule has 1 aliphatic heterocycles. The predicted octanol–water partition coefficient (Wildman–Crippen LogP) is 4.12. The molecule has 1 aliphatic rings. The van der Waals surface area contributed by atoms with E-state index in [1.807, 2.05) is 42.5 Å². The maximum absolute atomic E-state index is 13.2. The number of carbonyl (C=O) groups is 1. The molecule has 0 unspecified atom stereocenters. The Labute approximate surface area is 251 Å². The number of rotatable bonds is 14. The molecule has 9 nitrogen and oxygen atoms in total. The molecule has 3 aromatic carbocycles. The zero-order chi connectivity index (χ0) is 30.0. The van der Waals surface area contributed by atoms with Crippen LogP contribution in [0.4, 0.5) is 0 Å². The van der Waals surface area contributed by atoms with E-state index >= 15 is 0 Å². The van der Waals surface area contributed by atoms with Gasteiger partial charge in [0.1, 0.15) is 5.75 Å². The molecule has 1 heterocycles. The fraction of sp³-hybridized carbons (Fsp3) is 0.323. The van der Waals surface area contributed by atoms with Crippen LogP contribution in [0.5, 0.6) is 5.75 Å². The van der Waals surface area contributed by atoms with Crippen LogP contribution in [0.15, 0.2) is 95.6 Å². The van der Waals surface area contributed by atoms with Gasteiger partial charge in [0, 0.05) is 37.0 Å². The van der Waals surface area contributed by atoms with Crippen LogP contribution in [0.1, 0.15) is 23.5 Å². The Bertz CT molecular complexity index is 1430. The van der Waals surface area contributed by atoms with Crippen molar-refractivity contribution in [2.45, 2.75) is 29.9 Å². The van der Waals surface area contributed by atoms with E-state index in [0.29, 0.717) is 30.2 Å². The van der Waals surface area contributed by atoms with Crippen LogP contribution < -0.4 is 10.1 Å². The van der Waals surface area contributed by atoms with Crippen molar-refractivity contribution >= 4 is 27.5 Å². The summed E-state index contributed by atoms with van der Waals surface area (Å²) >= 11 is 6.08. The monoisotopic (exact) mass is 614 g/mol. The maximum atomic E-state index is 13.2. The molecule has 0 bridgehead atoms. The van der Waals surface area contributed by atoms with Crippen molar-refractivity contribution in [3.05, 3.63) is 107 Å². The summed E-state index contributed by atoms with van der Waals surface area (Å²) in [5, 5.41) is 13.1. The smallest absolute Gasteiger partial charge is 0.286 e. The van der Waals surface area contributed by atoms with Gasteiger partial charge < -0.3 is 24.6 Å². The number of benzene rings is 3. The van der Waals surface area contributed by atoms with Gasteiger partial charge in [-0.15, -0.1) is 0 Å². The van der Waals surface area contributed by atoms with Gasteiger partial charge >= 0.3 is 0 Å². The summed E-state index contributed by atoms with van der Waals surface area (Å²) in [4.78, 5) is 13.1. The van der Waals surface area contributed by atoms with Crippen LogP contribution >= 0.6 is 11.6 Å². The van der Waals surface area contributed by atoms with E-state index in [4.69, 9.17) is 25.8 Å². The number of carbonyl (C=O) groups excluding carboxylic acids is 1. The Morgan fingerprint density at radius 3 is 2.43 bits per heavy atom. The molecule has 0 aliphatic carbocycles. The van der Waals surface area contributed by atoms with Gasteiger partial charge in [-0.3, -0.25) is 4.79 Å². The minimum absolute atomic E-state index is 0.0176. The van der Waals surface area contributed by atoms with Crippen LogP contribution in [0, 0.1) is 0 Å². The van der Waals surface area contributed by atoms with Crippen molar-refractivity contribution in [2.24, 2.45) is 0 Å². The molecule has 0 saturated heterocycles. The molecule has 0 fully saturated rings. The van der Waals surface area contributed by atoms with Crippen molar-refractivity contribution in [3.63, 3.8) is 0 Å². The Morgan fingerprint density at radius 2 is 1.76 bits per heavy atom. The van der Waals surface area contributed by atoms with Crippen molar-refractivity contribution < 1.29 is 32.5 Å². The predicted molar refractivity (Wildman–Crippen MR) is 160 cm³/mol. The fourth-order valence-electron chi connectivity index (χ4n) is 4.56.